The predicted molar refractivity (Wildman–Crippen MR) is 80.6 cm³/mol. The molecule has 0 radical (unpaired) electrons. The van der Waals surface area contributed by atoms with E-state index in [1.165, 1.54) is 0 Å². The summed E-state index contributed by atoms with van der Waals surface area (Å²) in [6.07, 6.45) is 1.81. The molecule has 2 rings (SSSR count). The number of carbonyl (C=O) groups excluding carboxylic acids is 2. The van der Waals surface area contributed by atoms with Crippen molar-refractivity contribution in [2.45, 2.75) is 23.7 Å². The first-order valence-corrected chi connectivity index (χ1v) is 9.91. The van der Waals surface area contributed by atoms with Gasteiger partial charge in [-0.2, -0.15) is 0 Å². The Morgan fingerprint density at radius 1 is 0.905 bits per heavy atom. The van der Waals surface area contributed by atoms with Crippen LogP contribution in [0.1, 0.15) is 13.8 Å². The van der Waals surface area contributed by atoms with E-state index in [0.29, 0.717) is 9.87 Å². The van der Waals surface area contributed by atoms with Gasteiger partial charge in [0.05, 0.1) is 5.69 Å². The minimum Gasteiger partial charge on any atom is -0.256 e. The topological polar surface area (TPSA) is 47.0 Å². The Hall–Kier alpha value is -1.64. The molecule has 0 N–H and O–H groups in total. The molecule has 0 fully saturated rings. The van der Waals surface area contributed by atoms with Crippen LogP contribution in [-0.4, -0.2) is 16.6 Å². The molecule has 113 valence electrons. The summed E-state index contributed by atoms with van der Waals surface area (Å²) in [7, 11) is 0. The third kappa shape index (κ3) is 8.28. The maximum absolute atomic E-state index is 10.3. The van der Waals surface area contributed by atoms with Gasteiger partial charge in [0.15, 0.2) is 0 Å². The zero-order valence-electron chi connectivity index (χ0n) is 12.2. The minimum absolute atomic E-state index is 0.219. The zero-order valence-corrected chi connectivity index (χ0v) is 14.6. The van der Waals surface area contributed by atoms with Gasteiger partial charge in [0.25, 0.3) is 0 Å². The van der Waals surface area contributed by atoms with Gasteiger partial charge < -0.3 is 0 Å². The van der Waals surface area contributed by atoms with E-state index >= 15 is 0 Å². The van der Waals surface area contributed by atoms with E-state index < -0.39 is 0 Å². The van der Waals surface area contributed by atoms with Crippen molar-refractivity contribution in [3.8, 4) is 11.3 Å². The fourth-order valence-electron chi connectivity index (χ4n) is 1.42. The molecule has 0 saturated heterocycles. The maximum Gasteiger partial charge on any atom is 0.0701 e. The SMILES string of the molecule is CC(=O)[CH2][Ir][CH2]C(C)=O.c1ccc(-c2ccccn2)cc1. The molecule has 0 bridgehead atoms. The van der Waals surface area contributed by atoms with Crippen molar-refractivity contribution < 1.29 is 27.3 Å². The number of aromatic nitrogens is 1. The van der Waals surface area contributed by atoms with Gasteiger partial charge in [-0.3, -0.25) is 4.98 Å². The van der Waals surface area contributed by atoms with E-state index in [1.54, 1.807) is 13.8 Å². The standard InChI is InChI=1S/C11H9N.2C3H5O.Ir/c1-2-6-10(7-3-1)11-8-4-5-9-12-11;2*1-3(2)4;/h1-9H;2*1H2,2H3;. The first-order valence-electron chi connectivity index (χ1n) is 6.52. The fraction of sp³-hybridized carbons (Fsp3) is 0.235. The van der Waals surface area contributed by atoms with E-state index in [2.05, 4.69) is 17.1 Å². The average Bonchev–Trinajstić information content (AvgIpc) is 2.49. The molecule has 0 atom stereocenters. The Labute approximate surface area is 133 Å². The summed E-state index contributed by atoms with van der Waals surface area (Å²) in [6, 6.07) is 16.1. The molecular weight excluding hydrogens is 442 g/mol. The van der Waals surface area contributed by atoms with E-state index in [-0.39, 0.29) is 29.3 Å². The van der Waals surface area contributed by atoms with Crippen molar-refractivity contribution in [1.82, 2.24) is 4.98 Å². The molecule has 0 aliphatic rings. The van der Waals surface area contributed by atoms with Crippen molar-refractivity contribution in [1.29, 1.82) is 0 Å². The molecule has 4 heteroatoms. The van der Waals surface area contributed by atoms with Crippen LogP contribution in [0.2, 0.25) is 9.87 Å². The third-order valence-corrected chi connectivity index (χ3v) is 5.82. The van der Waals surface area contributed by atoms with Crippen molar-refractivity contribution >= 4 is 11.6 Å². The number of hydrogen-bond acceptors (Lipinski definition) is 3. The number of pyridine rings is 1. The number of benzene rings is 1. The van der Waals surface area contributed by atoms with Gasteiger partial charge >= 0.3 is 62.6 Å². The van der Waals surface area contributed by atoms with Gasteiger partial charge in [0, 0.05) is 11.8 Å². The normalized spacial score (nSPS) is 9.62. The summed E-state index contributed by atoms with van der Waals surface area (Å²) >= 11 is -0.273. The fourth-order valence-corrected chi connectivity index (χ4v) is 3.40. The van der Waals surface area contributed by atoms with E-state index in [0.717, 1.165) is 11.3 Å². The molecule has 2 aromatic rings. The summed E-state index contributed by atoms with van der Waals surface area (Å²) in [6.45, 7) is 3.15. The van der Waals surface area contributed by atoms with Gasteiger partial charge in [-0.15, -0.1) is 0 Å². The van der Waals surface area contributed by atoms with Crippen molar-refractivity contribution in [3.63, 3.8) is 0 Å². The van der Waals surface area contributed by atoms with Crippen LogP contribution in [0.4, 0.5) is 0 Å². The second kappa shape index (κ2) is 10.1. The van der Waals surface area contributed by atoms with Crippen LogP contribution in [0.15, 0.2) is 54.7 Å². The quantitative estimate of drug-likeness (QED) is 0.680. The molecule has 3 nitrogen and oxygen atoms in total. The second-order valence-corrected chi connectivity index (χ2v) is 7.28. The van der Waals surface area contributed by atoms with Crippen LogP contribution in [-0.2, 0) is 27.3 Å². The van der Waals surface area contributed by atoms with Crippen molar-refractivity contribution in [2.75, 3.05) is 0 Å². The smallest absolute Gasteiger partial charge is 0.0701 e. The van der Waals surface area contributed by atoms with Crippen LogP contribution in [0.25, 0.3) is 11.3 Å². The molecule has 1 aromatic carbocycles. The molecule has 1 aromatic heterocycles. The van der Waals surface area contributed by atoms with E-state index in [9.17, 15) is 9.59 Å². The Morgan fingerprint density at radius 3 is 1.95 bits per heavy atom. The number of rotatable bonds is 5. The first kappa shape index (κ1) is 17.4. The molecular formula is C17H19IrNO2. The summed E-state index contributed by atoms with van der Waals surface area (Å²) in [5.41, 5.74) is 2.19. The van der Waals surface area contributed by atoms with Crippen LogP contribution < -0.4 is 0 Å². The van der Waals surface area contributed by atoms with Gasteiger partial charge in [0.2, 0.25) is 0 Å². The number of nitrogens with zero attached hydrogens (tertiary/aromatic N) is 1. The number of carbonyl (C=O) groups is 2. The largest absolute Gasteiger partial charge is 0.256 e. The molecule has 0 spiro atoms. The van der Waals surface area contributed by atoms with Gasteiger partial charge in [-0.05, 0) is 12.1 Å². The molecule has 1 heterocycles. The maximum atomic E-state index is 10.3. The van der Waals surface area contributed by atoms with Crippen LogP contribution in [0, 0.1) is 0 Å². The molecule has 0 saturated carbocycles. The van der Waals surface area contributed by atoms with Crippen LogP contribution in [0.3, 0.4) is 0 Å². The molecule has 0 aliphatic carbocycles. The summed E-state index contributed by atoms with van der Waals surface area (Å²) in [5.74, 6) is 0.438. The van der Waals surface area contributed by atoms with E-state index in [4.69, 9.17) is 0 Å². The Bertz CT molecular complexity index is 504. The van der Waals surface area contributed by atoms with Gasteiger partial charge in [-0.1, -0.05) is 36.4 Å². The molecule has 0 aliphatic heterocycles. The number of ketones is 2. The van der Waals surface area contributed by atoms with Crippen LogP contribution >= 0.6 is 0 Å². The summed E-state index contributed by atoms with van der Waals surface area (Å²) in [4.78, 5) is 26.3. The Kier molecular flexibility index (Phi) is 8.41. The number of Topliss-reactive ketones (excluding diaryl/α,β-unsaturated/α-hetero) is 2. The summed E-state index contributed by atoms with van der Waals surface area (Å²) in [5, 5.41) is 0. The number of hydrogen-bond donors (Lipinski definition) is 0. The second-order valence-electron chi connectivity index (χ2n) is 4.39. The molecule has 0 amide bonds. The third-order valence-electron chi connectivity index (χ3n) is 2.23. The Morgan fingerprint density at radius 2 is 1.48 bits per heavy atom. The minimum atomic E-state index is -0.273. The predicted octanol–water partition coefficient (Wildman–Crippen LogP) is 3.83. The molecule has 21 heavy (non-hydrogen) atoms. The van der Waals surface area contributed by atoms with E-state index in [1.807, 2.05) is 42.6 Å². The van der Waals surface area contributed by atoms with Crippen LogP contribution in [0.5, 0.6) is 0 Å². The monoisotopic (exact) mass is 462 g/mol. The summed E-state index contributed by atoms with van der Waals surface area (Å²) < 4.78 is 0. The van der Waals surface area contributed by atoms with Gasteiger partial charge in [0.1, 0.15) is 0 Å². The molecule has 0 unspecified atom stereocenters. The average molecular weight is 462 g/mol. The van der Waals surface area contributed by atoms with Crippen molar-refractivity contribution in [2.24, 2.45) is 0 Å². The first-order chi connectivity index (χ1) is 10.1. The Balaban J connectivity index is 0.000000222. The zero-order chi connectivity index (χ0) is 15.5. The van der Waals surface area contributed by atoms with Crippen molar-refractivity contribution in [3.05, 3.63) is 54.7 Å². The van der Waals surface area contributed by atoms with Gasteiger partial charge in [-0.25, -0.2) is 0 Å².